The van der Waals surface area contributed by atoms with Crippen LogP contribution in [-0.4, -0.2) is 32.2 Å². The summed E-state index contributed by atoms with van der Waals surface area (Å²) < 4.78 is 9.19. The molecule has 0 atom stereocenters. The van der Waals surface area contributed by atoms with Crippen molar-refractivity contribution < 1.29 is 19.1 Å². The average Bonchev–Trinajstić information content (AvgIpc) is 2.51. The number of hydrogen-bond acceptors (Lipinski definition) is 5. The minimum absolute atomic E-state index is 0.643. The summed E-state index contributed by atoms with van der Waals surface area (Å²) >= 11 is 0. The molecule has 0 fully saturated rings. The molecule has 2 aromatic rings. The summed E-state index contributed by atoms with van der Waals surface area (Å²) in [6.07, 6.45) is 0. The normalized spacial score (nSPS) is 10.3. The van der Waals surface area contributed by atoms with E-state index < -0.39 is 18.0 Å². The van der Waals surface area contributed by atoms with Crippen LogP contribution in [0.25, 0.3) is 10.8 Å². The van der Waals surface area contributed by atoms with E-state index in [1.807, 2.05) is 36.4 Å². The molecule has 20 heavy (non-hydrogen) atoms. The first-order valence-corrected chi connectivity index (χ1v) is 6.06. The van der Waals surface area contributed by atoms with Gasteiger partial charge in [-0.05, 0) is 22.9 Å². The Hall–Kier alpha value is -2.56. The fourth-order valence-electron chi connectivity index (χ4n) is 1.90. The standard InChI is InChI=1S/C15H15NO4/c1-19-14(17)13(15(18)20-2)16-12-8-7-10-5-3-4-6-11(10)9-12/h3-9,13,16H,1-2H3. The predicted octanol–water partition coefficient (Wildman–Crippen LogP) is 1.97. The van der Waals surface area contributed by atoms with Crippen LogP contribution in [0.3, 0.4) is 0 Å². The maximum absolute atomic E-state index is 11.6. The highest BCUT2D eigenvalue weighted by molar-refractivity contribution is 6.02. The third kappa shape index (κ3) is 2.88. The molecule has 0 bridgehead atoms. The third-order valence-corrected chi connectivity index (χ3v) is 2.93. The van der Waals surface area contributed by atoms with Crippen LogP contribution in [0.4, 0.5) is 5.69 Å². The van der Waals surface area contributed by atoms with Gasteiger partial charge in [0.2, 0.25) is 6.04 Å². The van der Waals surface area contributed by atoms with Gasteiger partial charge in [0.15, 0.2) is 0 Å². The van der Waals surface area contributed by atoms with Crippen LogP contribution in [0.1, 0.15) is 0 Å². The van der Waals surface area contributed by atoms with Crippen LogP contribution in [-0.2, 0) is 19.1 Å². The molecule has 0 unspecified atom stereocenters. The summed E-state index contributed by atoms with van der Waals surface area (Å²) in [5.74, 6) is -1.38. The van der Waals surface area contributed by atoms with Gasteiger partial charge < -0.3 is 14.8 Å². The Labute approximate surface area is 116 Å². The Bertz CT molecular complexity index is 623. The van der Waals surface area contributed by atoms with E-state index in [4.69, 9.17) is 0 Å². The highest BCUT2D eigenvalue weighted by Crippen LogP contribution is 2.19. The SMILES string of the molecule is COC(=O)C(Nc1ccc2ccccc2c1)C(=O)OC. The number of fused-ring (bicyclic) bond motifs is 1. The highest BCUT2D eigenvalue weighted by Gasteiger charge is 2.28. The van der Waals surface area contributed by atoms with Crippen LogP contribution in [0.15, 0.2) is 42.5 Å². The van der Waals surface area contributed by atoms with E-state index in [2.05, 4.69) is 14.8 Å². The second kappa shape index (κ2) is 6.06. The number of carbonyl (C=O) groups is 2. The number of ether oxygens (including phenoxy) is 2. The molecule has 104 valence electrons. The van der Waals surface area contributed by atoms with E-state index in [0.29, 0.717) is 5.69 Å². The van der Waals surface area contributed by atoms with Crippen molar-refractivity contribution in [1.29, 1.82) is 0 Å². The van der Waals surface area contributed by atoms with Crippen LogP contribution >= 0.6 is 0 Å². The summed E-state index contributed by atoms with van der Waals surface area (Å²) in [4.78, 5) is 23.2. The van der Waals surface area contributed by atoms with Crippen LogP contribution < -0.4 is 5.32 Å². The van der Waals surface area contributed by atoms with Gasteiger partial charge >= 0.3 is 11.9 Å². The molecule has 0 heterocycles. The van der Waals surface area contributed by atoms with E-state index >= 15 is 0 Å². The number of anilines is 1. The number of methoxy groups -OCH3 is 2. The fraction of sp³-hybridized carbons (Fsp3) is 0.200. The van der Waals surface area contributed by atoms with Crippen molar-refractivity contribution in [2.75, 3.05) is 19.5 Å². The molecule has 0 saturated heterocycles. The molecule has 0 spiro atoms. The number of rotatable bonds is 4. The highest BCUT2D eigenvalue weighted by atomic mass is 16.5. The Kier molecular flexibility index (Phi) is 4.20. The van der Waals surface area contributed by atoms with Crippen LogP contribution in [0.5, 0.6) is 0 Å². The molecule has 0 saturated carbocycles. The van der Waals surface area contributed by atoms with Gasteiger partial charge in [-0.1, -0.05) is 30.3 Å². The second-order valence-electron chi connectivity index (χ2n) is 4.19. The smallest absolute Gasteiger partial charge is 0.340 e. The van der Waals surface area contributed by atoms with Gasteiger partial charge in [0, 0.05) is 5.69 Å². The first-order chi connectivity index (χ1) is 9.65. The van der Waals surface area contributed by atoms with Gasteiger partial charge in [-0.2, -0.15) is 0 Å². The number of nitrogens with one attached hydrogen (secondary N) is 1. The van der Waals surface area contributed by atoms with Crippen LogP contribution in [0, 0.1) is 0 Å². The van der Waals surface area contributed by atoms with E-state index in [0.717, 1.165) is 10.8 Å². The molecule has 5 heteroatoms. The number of esters is 2. The maximum atomic E-state index is 11.6. The zero-order chi connectivity index (χ0) is 14.5. The lowest BCUT2D eigenvalue weighted by molar-refractivity contribution is -0.152. The van der Waals surface area contributed by atoms with E-state index in [1.165, 1.54) is 14.2 Å². The minimum Gasteiger partial charge on any atom is -0.467 e. The fourth-order valence-corrected chi connectivity index (χ4v) is 1.90. The summed E-state index contributed by atoms with van der Waals surface area (Å²) in [6.45, 7) is 0. The van der Waals surface area contributed by atoms with Gasteiger partial charge in [-0.3, -0.25) is 0 Å². The first-order valence-electron chi connectivity index (χ1n) is 6.06. The molecule has 0 radical (unpaired) electrons. The van der Waals surface area contributed by atoms with Crippen molar-refractivity contribution in [1.82, 2.24) is 0 Å². The van der Waals surface area contributed by atoms with Gasteiger partial charge in [-0.15, -0.1) is 0 Å². The first kappa shape index (κ1) is 13.9. The van der Waals surface area contributed by atoms with Gasteiger partial charge in [0.25, 0.3) is 0 Å². The molecule has 2 rings (SSSR count). The molecule has 5 nitrogen and oxygen atoms in total. The van der Waals surface area contributed by atoms with Crippen LogP contribution in [0.2, 0.25) is 0 Å². The number of hydrogen-bond donors (Lipinski definition) is 1. The summed E-state index contributed by atoms with van der Waals surface area (Å²) in [5, 5.41) is 4.90. The van der Waals surface area contributed by atoms with Gasteiger partial charge in [0.05, 0.1) is 14.2 Å². The Morgan fingerprint density at radius 1 is 0.950 bits per heavy atom. The summed E-state index contributed by atoms with van der Waals surface area (Å²) in [6, 6.07) is 12.2. The topological polar surface area (TPSA) is 64.6 Å². The second-order valence-corrected chi connectivity index (χ2v) is 4.19. The zero-order valence-electron chi connectivity index (χ0n) is 11.3. The van der Waals surface area contributed by atoms with Gasteiger partial charge in [0.1, 0.15) is 0 Å². The van der Waals surface area contributed by atoms with E-state index in [9.17, 15) is 9.59 Å². The molecule has 2 aromatic carbocycles. The molecule has 1 N–H and O–H groups in total. The summed E-state index contributed by atoms with van der Waals surface area (Å²) in [7, 11) is 2.45. The Morgan fingerprint density at radius 2 is 1.55 bits per heavy atom. The Morgan fingerprint density at radius 3 is 2.15 bits per heavy atom. The lowest BCUT2D eigenvalue weighted by Gasteiger charge is -2.15. The van der Waals surface area contributed by atoms with Crippen molar-refractivity contribution in [2.24, 2.45) is 0 Å². The van der Waals surface area contributed by atoms with E-state index in [1.54, 1.807) is 6.07 Å². The summed E-state index contributed by atoms with van der Waals surface area (Å²) in [5.41, 5.74) is 0.643. The van der Waals surface area contributed by atoms with E-state index in [-0.39, 0.29) is 0 Å². The molecule has 0 aliphatic rings. The van der Waals surface area contributed by atoms with Crippen molar-refractivity contribution in [3.8, 4) is 0 Å². The molecular weight excluding hydrogens is 258 g/mol. The monoisotopic (exact) mass is 273 g/mol. The number of benzene rings is 2. The predicted molar refractivity (Wildman–Crippen MR) is 75.4 cm³/mol. The number of carbonyl (C=O) groups excluding carboxylic acids is 2. The average molecular weight is 273 g/mol. The van der Waals surface area contributed by atoms with Crippen molar-refractivity contribution in [2.45, 2.75) is 6.04 Å². The molecular formula is C15H15NO4. The van der Waals surface area contributed by atoms with Crippen molar-refractivity contribution in [3.05, 3.63) is 42.5 Å². The molecule has 0 aromatic heterocycles. The zero-order valence-corrected chi connectivity index (χ0v) is 11.3. The quantitative estimate of drug-likeness (QED) is 0.681. The molecule has 0 aliphatic heterocycles. The Balaban J connectivity index is 2.28. The molecule has 0 amide bonds. The minimum atomic E-state index is -1.17. The van der Waals surface area contributed by atoms with Crippen molar-refractivity contribution >= 4 is 28.4 Å². The van der Waals surface area contributed by atoms with Gasteiger partial charge in [-0.25, -0.2) is 9.59 Å². The molecule has 0 aliphatic carbocycles. The lowest BCUT2D eigenvalue weighted by Crippen LogP contribution is -2.39. The largest absolute Gasteiger partial charge is 0.467 e. The third-order valence-electron chi connectivity index (χ3n) is 2.93. The lowest BCUT2D eigenvalue weighted by atomic mass is 10.1. The van der Waals surface area contributed by atoms with Crippen molar-refractivity contribution in [3.63, 3.8) is 0 Å². The maximum Gasteiger partial charge on any atom is 0.340 e.